The third kappa shape index (κ3) is 7.71. The largest absolute Gasteiger partial charge is 0.350 e. The molecule has 0 aromatic heterocycles. The molecule has 0 fully saturated rings. The van der Waals surface area contributed by atoms with Gasteiger partial charge in [0, 0.05) is 22.7 Å². The molecule has 0 unspecified atom stereocenters. The van der Waals surface area contributed by atoms with Crippen LogP contribution >= 0.6 is 23.2 Å². The molecule has 3 aromatic carbocycles. The predicted octanol–water partition coefficient (Wildman–Crippen LogP) is 5.66. The number of anilines is 1. The van der Waals surface area contributed by atoms with Gasteiger partial charge in [0.1, 0.15) is 18.4 Å². The van der Waals surface area contributed by atoms with Gasteiger partial charge in [0.25, 0.3) is 10.0 Å². The molecule has 0 aliphatic carbocycles. The number of rotatable bonds is 9. The van der Waals surface area contributed by atoms with Crippen molar-refractivity contribution in [3.8, 4) is 0 Å². The Balaban J connectivity index is 2.07. The molecule has 7 nitrogen and oxygen atoms in total. The van der Waals surface area contributed by atoms with E-state index in [1.54, 1.807) is 45.0 Å². The summed E-state index contributed by atoms with van der Waals surface area (Å²) in [5.74, 6) is -1.78. The van der Waals surface area contributed by atoms with Crippen LogP contribution < -0.4 is 9.62 Å². The fraction of sp³-hybridized carbons (Fsp3) is 0.286. The highest BCUT2D eigenvalue weighted by atomic mass is 35.5. The van der Waals surface area contributed by atoms with Gasteiger partial charge in [-0.15, -0.1) is 0 Å². The molecule has 0 radical (unpaired) electrons. The zero-order chi connectivity index (χ0) is 29.0. The van der Waals surface area contributed by atoms with Gasteiger partial charge in [-0.2, -0.15) is 0 Å². The van der Waals surface area contributed by atoms with Crippen molar-refractivity contribution >= 4 is 50.7 Å². The zero-order valence-corrected chi connectivity index (χ0v) is 24.3. The first-order valence-corrected chi connectivity index (χ1v) is 14.3. The quantitative estimate of drug-likeness (QED) is 0.347. The average Bonchev–Trinajstić information content (AvgIpc) is 2.86. The standard InChI is InChI=1S/C28H30Cl2FN3O4S/c1-19(27(36)32-28(2,3)4)33(17-20-10-8-9-13-24(20)31)26(35)18-34(25-15-14-21(29)16-23(25)30)39(37,38)22-11-6-5-7-12-22/h5-16,19H,17-18H2,1-4H3,(H,32,36)/t19-/m1/s1. The Morgan fingerprint density at radius 3 is 2.18 bits per heavy atom. The second-order valence-corrected chi connectivity index (χ2v) is 12.7. The highest BCUT2D eigenvalue weighted by Crippen LogP contribution is 2.33. The normalized spacial score (nSPS) is 12.5. The van der Waals surface area contributed by atoms with Crippen LogP contribution in [0.4, 0.5) is 10.1 Å². The molecule has 0 heterocycles. The maximum absolute atomic E-state index is 14.6. The topological polar surface area (TPSA) is 86.8 Å². The number of carbonyl (C=O) groups excluding carboxylic acids is 2. The van der Waals surface area contributed by atoms with Crippen LogP contribution in [0.3, 0.4) is 0 Å². The minimum absolute atomic E-state index is 0.00832. The Morgan fingerprint density at radius 2 is 1.59 bits per heavy atom. The fourth-order valence-electron chi connectivity index (χ4n) is 3.78. The van der Waals surface area contributed by atoms with Crippen LogP contribution in [0.2, 0.25) is 10.0 Å². The van der Waals surface area contributed by atoms with Crippen molar-refractivity contribution in [1.29, 1.82) is 0 Å². The van der Waals surface area contributed by atoms with Gasteiger partial charge in [-0.25, -0.2) is 12.8 Å². The van der Waals surface area contributed by atoms with Gasteiger partial charge in [0.2, 0.25) is 11.8 Å². The number of carbonyl (C=O) groups is 2. The van der Waals surface area contributed by atoms with E-state index >= 15 is 0 Å². The third-order valence-electron chi connectivity index (χ3n) is 5.75. The van der Waals surface area contributed by atoms with Crippen LogP contribution in [0.15, 0.2) is 77.7 Å². The SMILES string of the molecule is C[C@H](C(=O)NC(C)(C)C)N(Cc1ccccc1F)C(=O)CN(c1ccc(Cl)cc1Cl)S(=O)(=O)c1ccccc1. The molecule has 0 saturated heterocycles. The molecule has 0 bridgehead atoms. The lowest BCUT2D eigenvalue weighted by molar-refractivity contribution is -0.140. The maximum atomic E-state index is 14.6. The van der Waals surface area contributed by atoms with Crippen LogP contribution in [0.5, 0.6) is 0 Å². The van der Waals surface area contributed by atoms with Crippen molar-refractivity contribution in [2.45, 2.75) is 50.7 Å². The van der Waals surface area contributed by atoms with Gasteiger partial charge in [-0.3, -0.25) is 13.9 Å². The van der Waals surface area contributed by atoms with E-state index in [0.717, 1.165) is 9.21 Å². The van der Waals surface area contributed by atoms with E-state index in [-0.39, 0.29) is 32.7 Å². The second kappa shape index (κ2) is 12.4. The summed E-state index contributed by atoms with van der Waals surface area (Å²) in [5.41, 5.74) is -0.406. The number of benzene rings is 3. The number of amides is 2. The minimum Gasteiger partial charge on any atom is -0.350 e. The number of nitrogens with zero attached hydrogens (tertiary/aromatic N) is 2. The van der Waals surface area contributed by atoms with E-state index in [4.69, 9.17) is 23.2 Å². The van der Waals surface area contributed by atoms with E-state index in [0.29, 0.717) is 0 Å². The van der Waals surface area contributed by atoms with Gasteiger partial charge in [-0.05, 0) is 64.1 Å². The fourth-order valence-corrected chi connectivity index (χ4v) is 5.80. The molecule has 39 heavy (non-hydrogen) atoms. The van der Waals surface area contributed by atoms with Crippen molar-refractivity contribution in [3.05, 3.63) is 94.2 Å². The molecule has 0 saturated carbocycles. The Labute approximate surface area is 238 Å². The molecule has 11 heteroatoms. The van der Waals surface area contributed by atoms with E-state index < -0.39 is 45.8 Å². The Kier molecular flexibility index (Phi) is 9.64. The zero-order valence-electron chi connectivity index (χ0n) is 22.0. The molecule has 0 spiro atoms. The van der Waals surface area contributed by atoms with Crippen molar-refractivity contribution in [1.82, 2.24) is 10.2 Å². The highest BCUT2D eigenvalue weighted by Gasteiger charge is 2.34. The van der Waals surface area contributed by atoms with Crippen molar-refractivity contribution in [2.75, 3.05) is 10.8 Å². The van der Waals surface area contributed by atoms with E-state index in [1.807, 2.05) is 0 Å². The van der Waals surface area contributed by atoms with Crippen LogP contribution in [0.25, 0.3) is 0 Å². The van der Waals surface area contributed by atoms with Crippen molar-refractivity contribution in [3.63, 3.8) is 0 Å². The van der Waals surface area contributed by atoms with Crippen LogP contribution in [-0.2, 0) is 26.2 Å². The highest BCUT2D eigenvalue weighted by molar-refractivity contribution is 7.92. The molecule has 208 valence electrons. The number of hydrogen-bond acceptors (Lipinski definition) is 4. The van der Waals surface area contributed by atoms with Crippen molar-refractivity contribution in [2.24, 2.45) is 0 Å². The molecule has 0 aliphatic rings. The summed E-state index contributed by atoms with van der Waals surface area (Å²) >= 11 is 12.4. The molecule has 1 N–H and O–H groups in total. The number of halogens is 3. The molecule has 1 atom stereocenters. The average molecular weight is 595 g/mol. The lowest BCUT2D eigenvalue weighted by Gasteiger charge is -2.33. The third-order valence-corrected chi connectivity index (χ3v) is 8.06. The van der Waals surface area contributed by atoms with Gasteiger partial charge in [-0.1, -0.05) is 59.6 Å². The Morgan fingerprint density at radius 1 is 0.974 bits per heavy atom. The summed E-state index contributed by atoms with van der Waals surface area (Å²) in [6, 6.07) is 16.6. The predicted molar refractivity (Wildman–Crippen MR) is 152 cm³/mol. The molecular formula is C28H30Cl2FN3O4S. The summed E-state index contributed by atoms with van der Waals surface area (Å²) in [6.07, 6.45) is 0. The summed E-state index contributed by atoms with van der Waals surface area (Å²) < 4.78 is 43.0. The Bertz CT molecular complexity index is 1450. The lowest BCUT2D eigenvalue weighted by Crippen LogP contribution is -2.54. The van der Waals surface area contributed by atoms with Gasteiger partial charge >= 0.3 is 0 Å². The van der Waals surface area contributed by atoms with Gasteiger partial charge < -0.3 is 10.2 Å². The van der Waals surface area contributed by atoms with Crippen LogP contribution in [0, 0.1) is 5.82 Å². The number of sulfonamides is 1. The van der Waals surface area contributed by atoms with E-state index in [1.165, 1.54) is 55.5 Å². The molecule has 3 aromatic rings. The second-order valence-electron chi connectivity index (χ2n) is 9.95. The maximum Gasteiger partial charge on any atom is 0.264 e. The minimum atomic E-state index is -4.29. The molecular weight excluding hydrogens is 564 g/mol. The smallest absolute Gasteiger partial charge is 0.264 e. The first-order chi connectivity index (χ1) is 18.2. The first-order valence-electron chi connectivity index (χ1n) is 12.1. The number of hydrogen-bond donors (Lipinski definition) is 1. The summed E-state index contributed by atoms with van der Waals surface area (Å²) in [6.45, 7) is 5.90. The monoisotopic (exact) mass is 593 g/mol. The summed E-state index contributed by atoms with van der Waals surface area (Å²) in [7, 11) is -4.29. The van der Waals surface area contributed by atoms with Gasteiger partial charge in [0.05, 0.1) is 15.6 Å². The van der Waals surface area contributed by atoms with Crippen LogP contribution in [-0.4, -0.2) is 43.3 Å². The van der Waals surface area contributed by atoms with Gasteiger partial charge in [0.15, 0.2) is 0 Å². The number of nitrogens with one attached hydrogen (secondary N) is 1. The van der Waals surface area contributed by atoms with Crippen LogP contribution in [0.1, 0.15) is 33.3 Å². The van der Waals surface area contributed by atoms with Crippen molar-refractivity contribution < 1.29 is 22.4 Å². The Hall–Kier alpha value is -3.14. The van der Waals surface area contributed by atoms with E-state index in [9.17, 15) is 22.4 Å². The molecule has 2 amide bonds. The lowest BCUT2D eigenvalue weighted by atomic mass is 10.1. The first kappa shape index (κ1) is 30.4. The molecule has 0 aliphatic heterocycles. The summed E-state index contributed by atoms with van der Waals surface area (Å²) in [4.78, 5) is 28.0. The molecule has 3 rings (SSSR count). The summed E-state index contributed by atoms with van der Waals surface area (Å²) in [5, 5.41) is 3.10. The van der Waals surface area contributed by atoms with E-state index in [2.05, 4.69) is 5.32 Å².